The van der Waals surface area contributed by atoms with Gasteiger partial charge < -0.3 is 10.2 Å². The summed E-state index contributed by atoms with van der Waals surface area (Å²) in [5, 5.41) is 3.32. The summed E-state index contributed by atoms with van der Waals surface area (Å²) in [4.78, 5) is 14.8. The summed E-state index contributed by atoms with van der Waals surface area (Å²) in [5.41, 5.74) is 0.399. The van der Waals surface area contributed by atoms with Crippen LogP contribution < -0.4 is 5.32 Å². The van der Waals surface area contributed by atoms with Crippen LogP contribution in [0.25, 0.3) is 0 Å². The van der Waals surface area contributed by atoms with Crippen LogP contribution in [0.5, 0.6) is 0 Å². The van der Waals surface area contributed by atoms with Crippen LogP contribution >= 0.6 is 0 Å². The first-order chi connectivity index (χ1) is 9.41. The maximum Gasteiger partial charge on any atom is 0.225 e. The van der Waals surface area contributed by atoms with Gasteiger partial charge in [0.25, 0.3) is 0 Å². The van der Waals surface area contributed by atoms with E-state index in [2.05, 4.69) is 31.0 Å². The Hall–Kier alpha value is -0.570. The van der Waals surface area contributed by atoms with E-state index < -0.39 is 0 Å². The number of hydrogen-bond donors (Lipinski definition) is 1. The van der Waals surface area contributed by atoms with Crippen LogP contribution in [0.2, 0.25) is 0 Å². The van der Waals surface area contributed by atoms with Gasteiger partial charge in [-0.15, -0.1) is 0 Å². The van der Waals surface area contributed by atoms with Gasteiger partial charge in [-0.1, -0.05) is 20.8 Å². The second kappa shape index (κ2) is 6.46. The highest BCUT2D eigenvalue weighted by Crippen LogP contribution is 2.40. The topological polar surface area (TPSA) is 32.3 Å². The molecule has 116 valence electrons. The smallest absolute Gasteiger partial charge is 0.225 e. The average Bonchev–Trinajstić information content (AvgIpc) is 2.46. The molecule has 2 fully saturated rings. The van der Waals surface area contributed by atoms with Crippen molar-refractivity contribution in [2.24, 2.45) is 17.3 Å². The minimum atomic E-state index is 0.296. The van der Waals surface area contributed by atoms with E-state index in [0.29, 0.717) is 23.3 Å². The molecule has 1 atom stereocenters. The van der Waals surface area contributed by atoms with Crippen molar-refractivity contribution in [2.45, 2.75) is 65.3 Å². The number of carbonyl (C=O) groups is 1. The standard InChI is InChI=1S/C17H32N2O/c1-17(2,3)14-9-7-13(8-10-14)16(20)19-11-5-6-15(12-19)18-4/h13-15,18H,5-12H2,1-4H3. The number of piperidine rings is 1. The molecule has 0 bridgehead atoms. The Balaban J connectivity index is 1.85. The number of nitrogens with one attached hydrogen (secondary N) is 1. The van der Waals surface area contributed by atoms with E-state index in [1.807, 2.05) is 7.05 Å². The van der Waals surface area contributed by atoms with Crippen LogP contribution in [0.3, 0.4) is 0 Å². The summed E-state index contributed by atoms with van der Waals surface area (Å²) in [6.07, 6.45) is 7.00. The van der Waals surface area contributed by atoms with Gasteiger partial charge in [0.15, 0.2) is 0 Å². The number of amides is 1. The zero-order valence-corrected chi connectivity index (χ0v) is 13.7. The van der Waals surface area contributed by atoms with Gasteiger partial charge in [0.2, 0.25) is 5.91 Å². The highest BCUT2D eigenvalue weighted by Gasteiger charge is 2.34. The summed E-state index contributed by atoms with van der Waals surface area (Å²) in [6, 6.07) is 0.499. The number of carbonyl (C=O) groups excluding carboxylic acids is 1. The zero-order chi connectivity index (χ0) is 14.8. The Bertz CT molecular complexity index is 326. The highest BCUT2D eigenvalue weighted by atomic mass is 16.2. The number of nitrogens with zero attached hydrogens (tertiary/aromatic N) is 1. The summed E-state index contributed by atoms with van der Waals surface area (Å²) < 4.78 is 0. The molecule has 0 aromatic rings. The summed E-state index contributed by atoms with van der Waals surface area (Å²) in [5.74, 6) is 1.51. The second-order valence-corrected chi connectivity index (χ2v) is 7.83. The lowest BCUT2D eigenvalue weighted by molar-refractivity contribution is -0.138. The van der Waals surface area contributed by atoms with E-state index in [1.165, 1.54) is 19.3 Å². The van der Waals surface area contributed by atoms with Crippen LogP contribution in [-0.2, 0) is 4.79 Å². The third kappa shape index (κ3) is 3.75. The predicted octanol–water partition coefficient (Wildman–Crippen LogP) is 3.05. The van der Waals surface area contributed by atoms with Gasteiger partial charge in [-0.2, -0.15) is 0 Å². The van der Waals surface area contributed by atoms with Crippen molar-refractivity contribution in [3.8, 4) is 0 Å². The van der Waals surface area contributed by atoms with Gasteiger partial charge in [-0.25, -0.2) is 0 Å². The predicted molar refractivity (Wildman–Crippen MR) is 83.6 cm³/mol. The van der Waals surface area contributed by atoms with Crippen LogP contribution in [0.1, 0.15) is 59.3 Å². The van der Waals surface area contributed by atoms with Crippen molar-refractivity contribution in [2.75, 3.05) is 20.1 Å². The van der Waals surface area contributed by atoms with Crippen molar-refractivity contribution in [3.05, 3.63) is 0 Å². The Kier molecular flexibility index (Phi) is 5.11. The van der Waals surface area contributed by atoms with Gasteiger partial charge in [-0.05, 0) is 56.9 Å². The minimum absolute atomic E-state index is 0.296. The molecular formula is C17H32N2O. The molecule has 1 N–H and O–H groups in total. The van der Waals surface area contributed by atoms with Crippen molar-refractivity contribution in [3.63, 3.8) is 0 Å². The van der Waals surface area contributed by atoms with Gasteiger partial charge in [0.05, 0.1) is 0 Å². The van der Waals surface area contributed by atoms with Crippen LogP contribution in [0, 0.1) is 17.3 Å². The molecule has 2 aliphatic rings. The largest absolute Gasteiger partial charge is 0.341 e. The molecule has 0 spiro atoms. The maximum absolute atomic E-state index is 12.7. The van der Waals surface area contributed by atoms with Gasteiger partial charge in [0, 0.05) is 25.0 Å². The molecule has 1 amide bonds. The van der Waals surface area contributed by atoms with Gasteiger partial charge >= 0.3 is 0 Å². The number of likely N-dealkylation sites (N-methyl/N-ethyl adjacent to an activating group) is 1. The molecule has 0 aromatic heterocycles. The SMILES string of the molecule is CNC1CCCN(C(=O)C2CCC(C(C)(C)C)CC2)C1. The fraction of sp³-hybridized carbons (Fsp3) is 0.941. The Morgan fingerprint density at radius 1 is 1.10 bits per heavy atom. The third-order valence-electron chi connectivity index (χ3n) is 5.44. The number of likely N-dealkylation sites (tertiary alicyclic amines) is 1. The highest BCUT2D eigenvalue weighted by molar-refractivity contribution is 5.79. The van der Waals surface area contributed by atoms with E-state index in [9.17, 15) is 4.79 Å². The van der Waals surface area contributed by atoms with Crippen LogP contribution in [-0.4, -0.2) is 37.0 Å². The lowest BCUT2D eigenvalue weighted by Crippen LogP contribution is -2.49. The fourth-order valence-electron chi connectivity index (χ4n) is 3.88. The molecular weight excluding hydrogens is 248 g/mol. The van der Waals surface area contributed by atoms with Crippen LogP contribution in [0.15, 0.2) is 0 Å². The monoisotopic (exact) mass is 280 g/mol. The van der Waals surface area contributed by atoms with Crippen molar-refractivity contribution < 1.29 is 4.79 Å². The molecule has 3 nitrogen and oxygen atoms in total. The molecule has 1 saturated heterocycles. The summed E-state index contributed by atoms with van der Waals surface area (Å²) in [6.45, 7) is 8.89. The Morgan fingerprint density at radius 3 is 2.30 bits per heavy atom. The van der Waals surface area contributed by atoms with Gasteiger partial charge in [0.1, 0.15) is 0 Å². The van der Waals surface area contributed by atoms with E-state index in [0.717, 1.165) is 38.3 Å². The molecule has 2 rings (SSSR count). The normalized spacial score (nSPS) is 32.2. The van der Waals surface area contributed by atoms with E-state index in [-0.39, 0.29) is 0 Å². The first kappa shape index (κ1) is 15.8. The molecule has 20 heavy (non-hydrogen) atoms. The molecule has 1 aliphatic heterocycles. The lowest BCUT2D eigenvalue weighted by atomic mass is 9.69. The second-order valence-electron chi connectivity index (χ2n) is 7.83. The Morgan fingerprint density at radius 2 is 1.75 bits per heavy atom. The first-order valence-electron chi connectivity index (χ1n) is 8.38. The van der Waals surface area contributed by atoms with E-state index in [4.69, 9.17) is 0 Å². The molecule has 1 unspecified atom stereocenters. The molecule has 0 aromatic carbocycles. The fourth-order valence-corrected chi connectivity index (χ4v) is 3.88. The van der Waals surface area contributed by atoms with Crippen molar-refractivity contribution in [1.82, 2.24) is 10.2 Å². The zero-order valence-electron chi connectivity index (χ0n) is 13.7. The average molecular weight is 280 g/mol. The van der Waals surface area contributed by atoms with E-state index >= 15 is 0 Å². The number of rotatable bonds is 2. The first-order valence-corrected chi connectivity index (χ1v) is 8.38. The lowest BCUT2D eigenvalue weighted by Gasteiger charge is -2.39. The van der Waals surface area contributed by atoms with Crippen LogP contribution in [0.4, 0.5) is 0 Å². The van der Waals surface area contributed by atoms with Gasteiger partial charge in [-0.3, -0.25) is 4.79 Å². The number of hydrogen-bond acceptors (Lipinski definition) is 2. The van der Waals surface area contributed by atoms with Crippen molar-refractivity contribution in [1.29, 1.82) is 0 Å². The molecule has 1 heterocycles. The molecule has 0 radical (unpaired) electrons. The molecule has 1 saturated carbocycles. The van der Waals surface area contributed by atoms with E-state index in [1.54, 1.807) is 0 Å². The maximum atomic E-state index is 12.7. The summed E-state index contributed by atoms with van der Waals surface area (Å²) >= 11 is 0. The minimum Gasteiger partial charge on any atom is -0.341 e. The molecule has 3 heteroatoms. The quantitative estimate of drug-likeness (QED) is 0.843. The summed E-state index contributed by atoms with van der Waals surface area (Å²) in [7, 11) is 2.01. The third-order valence-corrected chi connectivity index (χ3v) is 5.44. The van der Waals surface area contributed by atoms with Crippen molar-refractivity contribution >= 4 is 5.91 Å². The molecule has 1 aliphatic carbocycles. The Labute approximate surface area is 124 Å².